The molecule has 0 radical (unpaired) electrons. The molecule has 2 saturated carbocycles. The van der Waals surface area contributed by atoms with Gasteiger partial charge in [-0.25, -0.2) is 0 Å². The van der Waals surface area contributed by atoms with Crippen molar-refractivity contribution in [3.63, 3.8) is 0 Å². The van der Waals surface area contributed by atoms with Gasteiger partial charge in [0, 0.05) is 25.7 Å². The zero-order valence-electron chi connectivity index (χ0n) is 10.3. The van der Waals surface area contributed by atoms with E-state index in [2.05, 4.69) is 22.1 Å². The standard InChI is InChI=1S/C13H23N3/c1-2-14-12(15-11-4-5-11)16-9-8-13(10-16)6-3-7-13/h11H,2-10H2,1H3,(H,14,15). The van der Waals surface area contributed by atoms with Crippen LogP contribution in [0.2, 0.25) is 0 Å². The second-order valence-electron chi connectivity index (χ2n) is 5.74. The van der Waals surface area contributed by atoms with E-state index >= 15 is 0 Å². The maximum Gasteiger partial charge on any atom is 0.194 e. The fraction of sp³-hybridized carbons (Fsp3) is 0.923. The highest BCUT2D eigenvalue weighted by atomic mass is 15.3. The lowest BCUT2D eigenvalue weighted by atomic mass is 9.68. The molecule has 90 valence electrons. The highest BCUT2D eigenvalue weighted by Crippen LogP contribution is 2.47. The number of hydrogen-bond acceptors (Lipinski definition) is 1. The molecule has 0 bridgehead atoms. The van der Waals surface area contributed by atoms with Crippen molar-refractivity contribution < 1.29 is 0 Å². The average molecular weight is 221 g/mol. The zero-order chi connectivity index (χ0) is 11.0. The van der Waals surface area contributed by atoms with Crippen LogP contribution in [0.15, 0.2) is 4.99 Å². The summed E-state index contributed by atoms with van der Waals surface area (Å²) in [6.07, 6.45) is 8.41. The third kappa shape index (κ3) is 1.92. The van der Waals surface area contributed by atoms with Crippen LogP contribution in [0.4, 0.5) is 0 Å². The normalized spacial score (nSPS) is 28.3. The van der Waals surface area contributed by atoms with Gasteiger partial charge < -0.3 is 10.2 Å². The van der Waals surface area contributed by atoms with Crippen LogP contribution in [0, 0.1) is 5.41 Å². The zero-order valence-corrected chi connectivity index (χ0v) is 10.3. The van der Waals surface area contributed by atoms with Crippen molar-refractivity contribution in [2.45, 2.75) is 51.5 Å². The monoisotopic (exact) mass is 221 g/mol. The molecule has 3 aliphatic rings. The highest BCUT2D eigenvalue weighted by molar-refractivity contribution is 5.81. The molecule has 0 atom stereocenters. The molecule has 0 aromatic carbocycles. The van der Waals surface area contributed by atoms with Gasteiger partial charge in [0.2, 0.25) is 0 Å². The molecular weight excluding hydrogens is 198 g/mol. The van der Waals surface area contributed by atoms with Crippen LogP contribution in [-0.2, 0) is 0 Å². The van der Waals surface area contributed by atoms with Crippen molar-refractivity contribution in [2.24, 2.45) is 10.4 Å². The number of nitrogens with zero attached hydrogens (tertiary/aromatic N) is 2. The Labute approximate surface area is 98.3 Å². The van der Waals surface area contributed by atoms with E-state index in [4.69, 9.17) is 0 Å². The lowest BCUT2D eigenvalue weighted by Gasteiger charge is -2.38. The summed E-state index contributed by atoms with van der Waals surface area (Å²) < 4.78 is 0. The van der Waals surface area contributed by atoms with Gasteiger partial charge in [0.15, 0.2) is 5.96 Å². The predicted molar refractivity (Wildman–Crippen MR) is 66.6 cm³/mol. The molecule has 3 rings (SSSR count). The first-order chi connectivity index (χ1) is 7.81. The SMILES string of the molecule is CCN=C(NC1CC1)N1CCC2(CCC2)C1. The maximum atomic E-state index is 4.64. The Morgan fingerprint density at radius 3 is 2.69 bits per heavy atom. The van der Waals surface area contributed by atoms with Gasteiger partial charge in [-0.15, -0.1) is 0 Å². The predicted octanol–water partition coefficient (Wildman–Crippen LogP) is 1.99. The Kier molecular flexibility index (Phi) is 2.56. The summed E-state index contributed by atoms with van der Waals surface area (Å²) in [7, 11) is 0. The fourth-order valence-electron chi connectivity index (χ4n) is 3.00. The van der Waals surface area contributed by atoms with Crippen molar-refractivity contribution in [3.8, 4) is 0 Å². The first-order valence-corrected chi connectivity index (χ1v) is 6.87. The fourth-order valence-corrected chi connectivity index (χ4v) is 3.00. The number of likely N-dealkylation sites (tertiary alicyclic amines) is 1. The first kappa shape index (κ1) is 10.4. The summed E-state index contributed by atoms with van der Waals surface area (Å²) in [4.78, 5) is 7.14. The van der Waals surface area contributed by atoms with Crippen molar-refractivity contribution >= 4 is 5.96 Å². The van der Waals surface area contributed by atoms with Crippen LogP contribution in [-0.4, -0.2) is 36.5 Å². The minimum Gasteiger partial charge on any atom is -0.354 e. The molecule has 3 fully saturated rings. The molecule has 0 aromatic rings. The number of guanidine groups is 1. The third-order valence-electron chi connectivity index (χ3n) is 4.37. The van der Waals surface area contributed by atoms with E-state index in [1.165, 1.54) is 57.6 Å². The minimum absolute atomic E-state index is 0.680. The third-order valence-corrected chi connectivity index (χ3v) is 4.37. The molecule has 16 heavy (non-hydrogen) atoms. The van der Waals surface area contributed by atoms with Crippen molar-refractivity contribution in [2.75, 3.05) is 19.6 Å². The largest absolute Gasteiger partial charge is 0.354 e. The molecule has 3 heteroatoms. The first-order valence-electron chi connectivity index (χ1n) is 6.87. The van der Waals surface area contributed by atoms with Crippen LogP contribution in [0.5, 0.6) is 0 Å². The second kappa shape index (κ2) is 3.94. The number of aliphatic imine (C=N–C) groups is 1. The van der Waals surface area contributed by atoms with Gasteiger partial charge >= 0.3 is 0 Å². The van der Waals surface area contributed by atoms with Crippen LogP contribution in [0.1, 0.15) is 45.4 Å². The quantitative estimate of drug-likeness (QED) is 0.570. The van der Waals surface area contributed by atoms with Crippen LogP contribution in [0.3, 0.4) is 0 Å². The summed E-state index contributed by atoms with van der Waals surface area (Å²) in [6.45, 7) is 5.51. The molecule has 2 aliphatic carbocycles. The number of hydrogen-bond donors (Lipinski definition) is 1. The molecule has 0 unspecified atom stereocenters. The molecular formula is C13H23N3. The Morgan fingerprint density at radius 1 is 1.38 bits per heavy atom. The van der Waals surface area contributed by atoms with Gasteiger partial charge in [-0.1, -0.05) is 6.42 Å². The molecule has 0 amide bonds. The summed E-state index contributed by atoms with van der Waals surface area (Å²) in [5.74, 6) is 1.19. The average Bonchev–Trinajstić information content (AvgIpc) is 2.93. The number of rotatable bonds is 2. The van der Waals surface area contributed by atoms with Gasteiger partial charge in [0.05, 0.1) is 0 Å². The van der Waals surface area contributed by atoms with Gasteiger partial charge in [0.1, 0.15) is 0 Å². The molecule has 1 saturated heterocycles. The molecule has 1 heterocycles. The van der Waals surface area contributed by atoms with Crippen molar-refractivity contribution in [1.29, 1.82) is 0 Å². The van der Waals surface area contributed by atoms with Crippen LogP contribution < -0.4 is 5.32 Å². The van der Waals surface area contributed by atoms with E-state index in [-0.39, 0.29) is 0 Å². The van der Waals surface area contributed by atoms with E-state index in [0.717, 1.165) is 12.6 Å². The van der Waals surface area contributed by atoms with Gasteiger partial charge in [-0.3, -0.25) is 4.99 Å². The molecule has 0 aromatic heterocycles. The Balaban J connectivity index is 1.62. The summed E-state index contributed by atoms with van der Waals surface area (Å²) >= 11 is 0. The van der Waals surface area contributed by atoms with Crippen LogP contribution in [0.25, 0.3) is 0 Å². The smallest absolute Gasteiger partial charge is 0.194 e. The van der Waals surface area contributed by atoms with E-state index in [9.17, 15) is 0 Å². The Morgan fingerprint density at radius 2 is 2.19 bits per heavy atom. The number of nitrogens with one attached hydrogen (secondary N) is 1. The molecule has 1 aliphatic heterocycles. The van der Waals surface area contributed by atoms with Crippen molar-refractivity contribution in [1.82, 2.24) is 10.2 Å². The maximum absolute atomic E-state index is 4.64. The Bertz CT molecular complexity index is 290. The van der Waals surface area contributed by atoms with Crippen LogP contribution >= 0.6 is 0 Å². The van der Waals surface area contributed by atoms with Gasteiger partial charge in [-0.05, 0) is 44.4 Å². The summed E-state index contributed by atoms with van der Waals surface area (Å²) in [6, 6.07) is 0.725. The Hall–Kier alpha value is -0.730. The molecule has 3 nitrogen and oxygen atoms in total. The van der Waals surface area contributed by atoms with Crippen molar-refractivity contribution in [3.05, 3.63) is 0 Å². The topological polar surface area (TPSA) is 27.6 Å². The van der Waals surface area contributed by atoms with E-state index in [1.807, 2.05) is 0 Å². The summed E-state index contributed by atoms with van der Waals surface area (Å²) in [5, 5.41) is 3.60. The lowest BCUT2D eigenvalue weighted by molar-refractivity contribution is 0.151. The van der Waals surface area contributed by atoms with Gasteiger partial charge in [0.25, 0.3) is 0 Å². The summed E-state index contributed by atoms with van der Waals surface area (Å²) in [5.41, 5.74) is 0.680. The van der Waals surface area contributed by atoms with E-state index in [0.29, 0.717) is 5.41 Å². The highest BCUT2D eigenvalue weighted by Gasteiger charge is 2.43. The molecule has 1 spiro atoms. The van der Waals surface area contributed by atoms with E-state index < -0.39 is 0 Å². The minimum atomic E-state index is 0.680. The molecule has 1 N–H and O–H groups in total. The van der Waals surface area contributed by atoms with E-state index in [1.54, 1.807) is 0 Å². The van der Waals surface area contributed by atoms with Gasteiger partial charge in [-0.2, -0.15) is 0 Å². The lowest BCUT2D eigenvalue weighted by Crippen LogP contribution is -2.43. The second-order valence-corrected chi connectivity index (χ2v) is 5.74.